The molecule has 2 aromatic carbocycles. The summed E-state index contributed by atoms with van der Waals surface area (Å²) in [6.45, 7) is 5.04. The molecule has 0 aliphatic carbocycles. The largest absolute Gasteiger partial charge is 0.463 e. The van der Waals surface area contributed by atoms with Gasteiger partial charge >= 0.3 is 23.5 Å². The minimum Gasteiger partial charge on any atom is -0.463 e. The average Bonchev–Trinajstić information content (AvgIpc) is 3.08. The van der Waals surface area contributed by atoms with Gasteiger partial charge in [-0.15, -0.1) is 4.31 Å². The zero-order valence-corrected chi connectivity index (χ0v) is 22.0. The van der Waals surface area contributed by atoms with Crippen LogP contribution in [0.15, 0.2) is 58.3 Å². The van der Waals surface area contributed by atoms with Gasteiger partial charge in [-0.25, -0.2) is 31.2 Å². The summed E-state index contributed by atoms with van der Waals surface area (Å²) >= 11 is 0. The van der Waals surface area contributed by atoms with Gasteiger partial charge in [-0.3, -0.25) is 4.79 Å². The molecule has 1 aliphatic rings. The van der Waals surface area contributed by atoms with Crippen LogP contribution in [-0.2, 0) is 43.9 Å². The molecule has 0 radical (unpaired) electrons. The standard InChI is InChI=1S/C23H24N2O10S2/c1-5-34-20(27)23(21(28)35-6-2)19(26)24(36(30,31)17-11-7-15(3)8-12-17)22(29)25(23)37(32,33)18-13-9-16(4)10-14-18/h7-14H,5-6H2,1-4H3. The minimum absolute atomic E-state index is 0.366. The molecule has 0 spiro atoms. The van der Waals surface area contributed by atoms with Crippen molar-refractivity contribution in [3.63, 3.8) is 0 Å². The monoisotopic (exact) mass is 552 g/mol. The third kappa shape index (κ3) is 4.35. The lowest BCUT2D eigenvalue weighted by Crippen LogP contribution is -2.64. The fourth-order valence-electron chi connectivity index (χ4n) is 3.57. The molecule has 1 saturated heterocycles. The SMILES string of the molecule is CCOC(=O)C1(C(=O)OCC)C(=O)N(S(=O)(=O)c2ccc(C)cc2)C(=O)N1S(=O)(=O)c1ccc(C)cc1. The zero-order chi connectivity index (χ0) is 27.8. The van der Waals surface area contributed by atoms with Crippen molar-refractivity contribution in [2.75, 3.05) is 13.2 Å². The molecule has 198 valence electrons. The van der Waals surface area contributed by atoms with E-state index >= 15 is 0 Å². The summed E-state index contributed by atoms with van der Waals surface area (Å²) in [4.78, 5) is 52.6. The van der Waals surface area contributed by atoms with Gasteiger partial charge < -0.3 is 9.47 Å². The van der Waals surface area contributed by atoms with Crippen molar-refractivity contribution in [3.8, 4) is 0 Å². The maximum Gasteiger partial charge on any atom is 0.357 e. The van der Waals surface area contributed by atoms with Crippen molar-refractivity contribution in [2.24, 2.45) is 0 Å². The van der Waals surface area contributed by atoms with E-state index in [1.807, 2.05) is 0 Å². The van der Waals surface area contributed by atoms with Crippen LogP contribution in [0.3, 0.4) is 0 Å². The molecule has 2 aromatic rings. The summed E-state index contributed by atoms with van der Waals surface area (Å²) in [5, 5.41) is 0. The maximum absolute atomic E-state index is 13.7. The van der Waals surface area contributed by atoms with Gasteiger partial charge in [0.15, 0.2) is 0 Å². The van der Waals surface area contributed by atoms with Crippen molar-refractivity contribution in [1.29, 1.82) is 0 Å². The Morgan fingerprint density at radius 2 is 1.11 bits per heavy atom. The number of ether oxygens (including phenoxy) is 2. The molecular weight excluding hydrogens is 528 g/mol. The average molecular weight is 553 g/mol. The Morgan fingerprint density at radius 3 is 1.49 bits per heavy atom. The lowest BCUT2D eigenvalue weighted by molar-refractivity contribution is -0.171. The molecule has 37 heavy (non-hydrogen) atoms. The van der Waals surface area contributed by atoms with Crippen LogP contribution >= 0.6 is 0 Å². The van der Waals surface area contributed by atoms with Gasteiger partial charge in [0.25, 0.3) is 26.0 Å². The van der Waals surface area contributed by atoms with Crippen molar-refractivity contribution < 1.29 is 45.5 Å². The molecule has 0 N–H and O–H groups in total. The summed E-state index contributed by atoms with van der Waals surface area (Å²) in [5.74, 6) is -5.54. The predicted molar refractivity (Wildman–Crippen MR) is 127 cm³/mol. The van der Waals surface area contributed by atoms with Crippen LogP contribution in [-0.4, -0.2) is 68.1 Å². The lowest BCUT2D eigenvalue weighted by atomic mass is 10.0. The molecule has 0 unspecified atom stereocenters. The second kappa shape index (κ2) is 9.94. The highest BCUT2D eigenvalue weighted by Gasteiger charge is 2.75. The van der Waals surface area contributed by atoms with Crippen LogP contribution < -0.4 is 0 Å². The molecule has 0 atom stereocenters. The fraction of sp³-hybridized carbons (Fsp3) is 0.304. The Hall–Kier alpha value is -3.78. The van der Waals surface area contributed by atoms with Gasteiger partial charge in [-0.2, -0.15) is 4.31 Å². The summed E-state index contributed by atoms with van der Waals surface area (Å²) in [6.07, 6.45) is 0. The fourth-order valence-corrected chi connectivity index (χ4v) is 6.51. The number of hydrogen-bond acceptors (Lipinski definition) is 10. The topological polar surface area (TPSA) is 162 Å². The number of benzene rings is 2. The van der Waals surface area contributed by atoms with E-state index in [9.17, 15) is 36.0 Å². The minimum atomic E-state index is -5.20. The first-order chi connectivity index (χ1) is 17.3. The van der Waals surface area contributed by atoms with Crippen LogP contribution in [0.2, 0.25) is 0 Å². The summed E-state index contributed by atoms with van der Waals surface area (Å²) in [5.41, 5.74) is -2.34. The predicted octanol–water partition coefficient (Wildman–Crippen LogP) is 1.51. The zero-order valence-electron chi connectivity index (χ0n) is 20.3. The number of amides is 3. The Kier molecular flexibility index (Phi) is 7.47. The third-order valence-corrected chi connectivity index (χ3v) is 8.86. The first kappa shape index (κ1) is 27.8. The number of sulfonamides is 2. The van der Waals surface area contributed by atoms with Crippen LogP contribution in [0.1, 0.15) is 25.0 Å². The van der Waals surface area contributed by atoms with E-state index in [4.69, 9.17) is 9.47 Å². The number of carbonyl (C=O) groups excluding carboxylic acids is 4. The van der Waals surface area contributed by atoms with E-state index < -0.39 is 76.8 Å². The highest BCUT2D eigenvalue weighted by molar-refractivity contribution is 7.91. The van der Waals surface area contributed by atoms with E-state index in [-0.39, 0.29) is 4.31 Å². The Morgan fingerprint density at radius 1 is 0.730 bits per heavy atom. The lowest BCUT2D eigenvalue weighted by Gasteiger charge is -2.29. The van der Waals surface area contributed by atoms with Gasteiger partial charge in [0.1, 0.15) is 0 Å². The van der Waals surface area contributed by atoms with Crippen LogP contribution in [0.25, 0.3) is 0 Å². The first-order valence-corrected chi connectivity index (χ1v) is 13.8. The van der Waals surface area contributed by atoms with Gasteiger partial charge in [-0.05, 0) is 52.0 Å². The van der Waals surface area contributed by atoms with Crippen molar-refractivity contribution in [2.45, 2.75) is 43.0 Å². The number of urea groups is 1. The Bertz CT molecular complexity index is 1450. The third-order valence-electron chi connectivity index (χ3n) is 5.41. The van der Waals surface area contributed by atoms with Gasteiger partial charge in [0.05, 0.1) is 23.0 Å². The van der Waals surface area contributed by atoms with Crippen LogP contribution in [0, 0.1) is 13.8 Å². The summed E-state index contributed by atoms with van der Waals surface area (Å²) in [7, 11) is -10.3. The maximum atomic E-state index is 13.7. The molecule has 0 aromatic heterocycles. The molecule has 1 heterocycles. The summed E-state index contributed by atoms with van der Waals surface area (Å²) < 4.78 is 63.2. The van der Waals surface area contributed by atoms with Crippen LogP contribution in [0.5, 0.6) is 0 Å². The number of carbonyl (C=O) groups is 4. The van der Waals surface area contributed by atoms with Gasteiger partial charge in [-0.1, -0.05) is 35.4 Å². The first-order valence-electron chi connectivity index (χ1n) is 10.9. The smallest absolute Gasteiger partial charge is 0.357 e. The number of nitrogens with zero attached hydrogens (tertiary/aromatic N) is 2. The molecule has 14 heteroatoms. The van der Waals surface area contributed by atoms with Crippen molar-refractivity contribution >= 4 is 43.9 Å². The number of esters is 2. The number of aryl methyl sites for hydroxylation is 2. The second-order valence-electron chi connectivity index (χ2n) is 7.90. The van der Waals surface area contributed by atoms with Gasteiger partial charge in [0, 0.05) is 0 Å². The molecule has 1 aliphatic heterocycles. The molecule has 3 amide bonds. The van der Waals surface area contributed by atoms with Gasteiger partial charge in [0.2, 0.25) is 0 Å². The quantitative estimate of drug-likeness (QED) is 0.267. The highest BCUT2D eigenvalue weighted by atomic mass is 32.2. The van der Waals surface area contributed by atoms with E-state index in [1.54, 1.807) is 13.8 Å². The number of hydrogen-bond donors (Lipinski definition) is 0. The summed E-state index contributed by atoms with van der Waals surface area (Å²) in [6, 6.07) is 7.83. The molecule has 12 nitrogen and oxygen atoms in total. The second-order valence-corrected chi connectivity index (χ2v) is 11.5. The normalized spacial score (nSPS) is 15.6. The van der Waals surface area contributed by atoms with Crippen molar-refractivity contribution in [3.05, 3.63) is 59.7 Å². The molecule has 0 saturated carbocycles. The molecule has 1 fully saturated rings. The van der Waals surface area contributed by atoms with E-state index in [0.717, 1.165) is 24.3 Å². The molecule has 0 bridgehead atoms. The van der Waals surface area contributed by atoms with E-state index in [0.29, 0.717) is 11.1 Å². The molecular formula is C23H24N2O10S2. The van der Waals surface area contributed by atoms with E-state index in [1.165, 1.54) is 38.1 Å². The Labute approximate surface area is 213 Å². The van der Waals surface area contributed by atoms with E-state index in [2.05, 4.69) is 0 Å². The van der Waals surface area contributed by atoms with Crippen molar-refractivity contribution in [1.82, 2.24) is 8.61 Å². The molecule has 3 rings (SSSR count). The Balaban J connectivity index is 2.38. The number of rotatable bonds is 8. The number of imide groups is 1. The van der Waals surface area contributed by atoms with Crippen LogP contribution in [0.4, 0.5) is 4.79 Å². The highest BCUT2D eigenvalue weighted by Crippen LogP contribution is 2.39.